The number of carbonyl (C=O) groups is 1. The van der Waals surface area contributed by atoms with Gasteiger partial charge in [0.2, 0.25) is 5.91 Å². The monoisotopic (exact) mass is 373 g/mol. The summed E-state index contributed by atoms with van der Waals surface area (Å²) in [5, 5.41) is 13.5. The lowest BCUT2D eigenvalue weighted by molar-refractivity contribution is -0.384. The molecule has 2 aromatic carbocycles. The maximum atomic E-state index is 12.6. The van der Waals surface area contributed by atoms with E-state index < -0.39 is 4.92 Å². The number of hydrogen-bond acceptors (Lipinski definition) is 5. The molecule has 0 fully saturated rings. The minimum Gasteiger partial charge on any atom is -0.325 e. The number of fused-ring (bicyclic) bond motifs is 1. The summed E-state index contributed by atoms with van der Waals surface area (Å²) < 4.78 is 1.84. The van der Waals surface area contributed by atoms with E-state index in [2.05, 4.69) is 15.3 Å². The van der Waals surface area contributed by atoms with Gasteiger partial charge in [-0.05, 0) is 36.4 Å². The lowest BCUT2D eigenvalue weighted by atomic mass is 10.2. The maximum Gasteiger partial charge on any atom is 0.269 e. The molecule has 2 heterocycles. The quantitative estimate of drug-likeness (QED) is 0.425. The van der Waals surface area contributed by atoms with Crippen LogP contribution in [0.5, 0.6) is 0 Å². The van der Waals surface area contributed by atoms with Gasteiger partial charge in [0.05, 0.1) is 16.0 Å². The topological polar surface area (TPSA) is 103 Å². The minimum absolute atomic E-state index is 0.0291. The van der Waals surface area contributed by atoms with Crippen molar-refractivity contribution in [2.75, 3.05) is 5.32 Å². The average Bonchev–Trinajstić information content (AvgIpc) is 3.07. The minimum atomic E-state index is -0.482. The number of rotatable bonds is 5. The zero-order valence-corrected chi connectivity index (χ0v) is 14.6. The van der Waals surface area contributed by atoms with Gasteiger partial charge in [0.15, 0.2) is 0 Å². The van der Waals surface area contributed by atoms with Gasteiger partial charge in [-0.2, -0.15) is 0 Å². The van der Waals surface area contributed by atoms with Crippen LogP contribution in [0.4, 0.5) is 11.4 Å². The number of nitro benzene ring substituents is 1. The van der Waals surface area contributed by atoms with E-state index in [0.29, 0.717) is 11.5 Å². The largest absolute Gasteiger partial charge is 0.325 e. The predicted octanol–water partition coefficient (Wildman–Crippen LogP) is 3.65. The number of amides is 1. The average molecular weight is 373 g/mol. The van der Waals surface area contributed by atoms with E-state index >= 15 is 0 Å². The highest BCUT2D eigenvalue weighted by Crippen LogP contribution is 2.24. The van der Waals surface area contributed by atoms with Gasteiger partial charge >= 0.3 is 0 Å². The van der Waals surface area contributed by atoms with Crippen molar-refractivity contribution in [3.63, 3.8) is 0 Å². The fraction of sp³-hybridized carbons (Fsp3) is 0.0500. The van der Waals surface area contributed by atoms with Gasteiger partial charge in [-0.3, -0.25) is 19.9 Å². The summed E-state index contributed by atoms with van der Waals surface area (Å²) in [6.45, 7) is 0.0508. The number of nitro groups is 1. The summed E-state index contributed by atoms with van der Waals surface area (Å²) >= 11 is 0. The first kappa shape index (κ1) is 17.3. The Morgan fingerprint density at radius 1 is 1.04 bits per heavy atom. The molecule has 0 saturated heterocycles. The number of anilines is 1. The van der Waals surface area contributed by atoms with Gasteiger partial charge in [0, 0.05) is 35.8 Å². The van der Waals surface area contributed by atoms with Gasteiger partial charge < -0.3 is 9.88 Å². The van der Waals surface area contributed by atoms with E-state index in [4.69, 9.17) is 0 Å². The van der Waals surface area contributed by atoms with Crippen LogP contribution in [0.1, 0.15) is 0 Å². The Balaban J connectivity index is 1.63. The molecular weight excluding hydrogens is 358 g/mol. The molecule has 4 rings (SSSR count). The number of nitrogens with one attached hydrogen (secondary N) is 1. The van der Waals surface area contributed by atoms with Gasteiger partial charge in [0.25, 0.3) is 5.69 Å². The lowest BCUT2D eigenvalue weighted by Crippen LogP contribution is -2.19. The molecule has 0 aliphatic rings. The lowest BCUT2D eigenvalue weighted by Gasteiger charge is -2.10. The fourth-order valence-corrected chi connectivity index (χ4v) is 2.97. The molecular formula is C20H15N5O3. The standard InChI is InChI=1S/C20H15N5O3/c26-19(22-15-5-7-16(8-6-15)25(27)28)13-24-18-4-2-1-3-17(18)23-20(24)14-9-11-21-12-10-14/h1-12H,13H2,(H,22,26). The highest BCUT2D eigenvalue weighted by molar-refractivity contribution is 5.92. The number of para-hydroxylation sites is 2. The van der Waals surface area contributed by atoms with E-state index in [-0.39, 0.29) is 18.1 Å². The van der Waals surface area contributed by atoms with Gasteiger partial charge in [-0.25, -0.2) is 4.98 Å². The van der Waals surface area contributed by atoms with Crippen molar-refractivity contribution in [2.24, 2.45) is 0 Å². The van der Waals surface area contributed by atoms with E-state index in [1.165, 1.54) is 24.3 Å². The van der Waals surface area contributed by atoms with E-state index in [9.17, 15) is 14.9 Å². The molecule has 28 heavy (non-hydrogen) atoms. The van der Waals surface area contributed by atoms with Crippen LogP contribution in [0.2, 0.25) is 0 Å². The summed E-state index contributed by atoms with van der Waals surface area (Å²) in [6, 6.07) is 17.0. The number of carbonyl (C=O) groups excluding carboxylic acids is 1. The second-order valence-corrected chi connectivity index (χ2v) is 6.10. The molecule has 0 aliphatic heterocycles. The molecule has 0 atom stereocenters. The van der Waals surface area contributed by atoms with Crippen molar-refractivity contribution in [1.29, 1.82) is 0 Å². The van der Waals surface area contributed by atoms with Gasteiger partial charge in [-0.1, -0.05) is 12.1 Å². The Hall–Kier alpha value is -4.07. The number of pyridine rings is 1. The van der Waals surface area contributed by atoms with Crippen LogP contribution in [-0.4, -0.2) is 25.4 Å². The molecule has 2 aromatic heterocycles. The van der Waals surface area contributed by atoms with Crippen LogP contribution in [0.3, 0.4) is 0 Å². The third-order valence-corrected chi connectivity index (χ3v) is 4.26. The van der Waals surface area contributed by atoms with Crippen LogP contribution < -0.4 is 5.32 Å². The zero-order chi connectivity index (χ0) is 19.5. The molecule has 4 aromatic rings. The first-order valence-corrected chi connectivity index (χ1v) is 8.52. The van der Waals surface area contributed by atoms with Gasteiger partial charge in [0.1, 0.15) is 12.4 Å². The molecule has 8 heteroatoms. The summed E-state index contributed by atoms with van der Waals surface area (Å²) in [7, 11) is 0. The fourth-order valence-electron chi connectivity index (χ4n) is 2.97. The molecule has 0 bridgehead atoms. The van der Waals surface area contributed by atoms with Crippen molar-refractivity contribution in [2.45, 2.75) is 6.54 Å². The molecule has 0 spiro atoms. The Labute approximate surface area is 159 Å². The van der Waals surface area contributed by atoms with Crippen molar-refractivity contribution in [3.05, 3.63) is 83.2 Å². The van der Waals surface area contributed by atoms with Crippen LogP contribution in [0.25, 0.3) is 22.4 Å². The Morgan fingerprint density at radius 3 is 2.46 bits per heavy atom. The number of benzene rings is 2. The van der Waals surface area contributed by atoms with E-state index in [1.807, 2.05) is 41.0 Å². The molecule has 8 nitrogen and oxygen atoms in total. The third kappa shape index (κ3) is 3.43. The molecule has 138 valence electrons. The number of non-ortho nitro benzene ring substituents is 1. The smallest absolute Gasteiger partial charge is 0.269 e. The van der Waals surface area contributed by atoms with Crippen molar-refractivity contribution in [1.82, 2.24) is 14.5 Å². The van der Waals surface area contributed by atoms with E-state index in [0.717, 1.165) is 16.6 Å². The normalized spacial score (nSPS) is 10.7. The van der Waals surface area contributed by atoms with Crippen LogP contribution in [0.15, 0.2) is 73.1 Å². The molecule has 1 amide bonds. The number of aromatic nitrogens is 3. The van der Waals surface area contributed by atoms with Crippen LogP contribution in [-0.2, 0) is 11.3 Å². The molecule has 0 saturated carbocycles. The Morgan fingerprint density at radius 2 is 1.75 bits per heavy atom. The Bertz CT molecular complexity index is 1150. The Kier molecular flexibility index (Phi) is 4.51. The number of imidazole rings is 1. The number of nitrogens with zero attached hydrogens (tertiary/aromatic N) is 4. The predicted molar refractivity (Wildman–Crippen MR) is 105 cm³/mol. The first-order valence-electron chi connectivity index (χ1n) is 8.52. The SMILES string of the molecule is O=C(Cn1c(-c2ccncc2)nc2ccccc21)Nc1ccc([N+](=O)[O-])cc1. The third-order valence-electron chi connectivity index (χ3n) is 4.26. The molecule has 1 N–H and O–H groups in total. The van der Waals surface area contributed by atoms with Crippen molar-refractivity contribution >= 4 is 28.3 Å². The highest BCUT2D eigenvalue weighted by atomic mass is 16.6. The second kappa shape index (κ2) is 7.28. The number of hydrogen-bond donors (Lipinski definition) is 1. The zero-order valence-electron chi connectivity index (χ0n) is 14.6. The highest BCUT2D eigenvalue weighted by Gasteiger charge is 2.15. The van der Waals surface area contributed by atoms with Crippen molar-refractivity contribution < 1.29 is 9.72 Å². The maximum absolute atomic E-state index is 12.6. The summed E-state index contributed by atoms with van der Waals surface area (Å²) in [4.78, 5) is 31.6. The molecule has 0 unspecified atom stereocenters. The van der Waals surface area contributed by atoms with E-state index in [1.54, 1.807) is 12.4 Å². The van der Waals surface area contributed by atoms with Crippen LogP contribution >= 0.6 is 0 Å². The molecule has 0 aliphatic carbocycles. The summed E-state index contributed by atoms with van der Waals surface area (Å²) in [5.41, 5.74) is 2.95. The van der Waals surface area contributed by atoms with Gasteiger partial charge in [-0.15, -0.1) is 0 Å². The summed E-state index contributed by atoms with van der Waals surface area (Å²) in [5.74, 6) is 0.412. The summed E-state index contributed by atoms with van der Waals surface area (Å²) in [6.07, 6.45) is 3.35. The molecule has 0 radical (unpaired) electrons. The van der Waals surface area contributed by atoms with Crippen molar-refractivity contribution in [3.8, 4) is 11.4 Å². The second-order valence-electron chi connectivity index (χ2n) is 6.10. The first-order chi connectivity index (χ1) is 13.6. The van der Waals surface area contributed by atoms with Crippen LogP contribution in [0, 0.1) is 10.1 Å².